The Morgan fingerprint density at radius 3 is 2.39 bits per heavy atom. The van der Waals surface area contributed by atoms with E-state index in [1.165, 1.54) is 6.07 Å². The molecule has 0 aliphatic carbocycles. The SMILES string of the molecule is C[C@H]1c2cccc(C(F)(F)C(=O)O)c2CCN1C(=O)Cc1c(Cl)cccc1Cl. The molecule has 28 heavy (non-hydrogen) atoms. The fourth-order valence-electron chi connectivity index (χ4n) is 3.57. The van der Waals surface area contributed by atoms with Crippen LogP contribution in [0.3, 0.4) is 0 Å². The van der Waals surface area contributed by atoms with Crippen LogP contribution in [0.4, 0.5) is 8.78 Å². The van der Waals surface area contributed by atoms with Crippen LogP contribution in [-0.2, 0) is 28.4 Å². The summed E-state index contributed by atoms with van der Waals surface area (Å²) >= 11 is 12.3. The monoisotopic (exact) mass is 427 g/mol. The Labute approximate surface area is 170 Å². The molecule has 0 unspecified atom stereocenters. The van der Waals surface area contributed by atoms with Crippen molar-refractivity contribution in [3.05, 3.63) is 68.7 Å². The lowest BCUT2D eigenvalue weighted by Crippen LogP contribution is -2.41. The van der Waals surface area contributed by atoms with Gasteiger partial charge in [-0.1, -0.05) is 47.5 Å². The molecule has 0 spiro atoms. The first-order valence-electron chi connectivity index (χ1n) is 8.60. The number of alkyl halides is 2. The van der Waals surface area contributed by atoms with Gasteiger partial charge in [0.15, 0.2) is 0 Å². The number of rotatable bonds is 4. The average Bonchev–Trinajstić information content (AvgIpc) is 2.64. The second kappa shape index (κ2) is 7.68. The van der Waals surface area contributed by atoms with Crippen molar-refractivity contribution in [2.24, 2.45) is 0 Å². The summed E-state index contributed by atoms with van der Waals surface area (Å²) in [5.74, 6) is -6.41. The van der Waals surface area contributed by atoms with Gasteiger partial charge < -0.3 is 10.0 Å². The van der Waals surface area contributed by atoms with Gasteiger partial charge in [-0.05, 0) is 42.2 Å². The van der Waals surface area contributed by atoms with Gasteiger partial charge in [-0.2, -0.15) is 8.78 Å². The van der Waals surface area contributed by atoms with Gasteiger partial charge in [-0.15, -0.1) is 0 Å². The van der Waals surface area contributed by atoms with Crippen molar-refractivity contribution >= 4 is 35.1 Å². The Kier molecular flexibility index (Phi) is 5.64. The molecule has 3 rings (SSSR count). The third kappa shape index (κ3) is 3.59. The topological polar surface area (TPSA) is 57.6 Å². The number of benzene rings is 2. The number of nitrogens with zero attached hydrogens (tertiary/aromatic N) is 1. The second-order valence-electron chi connectivity index (χ2n) is 6.64. The molecule has 2 aromatic rings. The number of carbonyl (C=O) groups excluding carboxylic acids is 1. The lowest BCUT2D eigenvalue weighted by Gasteiger charge is -2.37. The second-order valence-corrected chi connectivity index (χ2v) is 7.46. The predicted molar refractivity (Wildman–Crippen MR) is 102 cm³/mol. The summed E-state index contributed by atoms with van der Waals surface area (Å²) in [6.45, 7) is 1.93. The van der Waals surface area contributed by atoms with Crippen molar-refractivity contribution in [1.82, 2.24) is 4.90 Å². The standard InChI is InChI=1S/C20H17Cl2F2NO3/c1-11-12-4-2-5-15(20(23,24)19(27)28)13(12)8-9-25(11)18(26)10-14-16(21)6-3-7-17(14)22/h2-7,11H,8-10H2,1H3,(H,27,28)/t11-/m0/s1. The Balaban J connectivity index is 1.90. The highest BCUT2D eigenvalue weighted by Gasteiger charge is 2.44. The molecule has 0 aromatic heterocycles. The first-order chi connectivity index (χ1) is 13.1. The van der Waals surface area contributed by atoms with E-state index in [-0.39, 0.29) is 30.9 Å². The first kappa shape index (κ1) is 20.6. The number of carboxylic acid groups (broad SMARTS) is 1. The Hall–Kier alpha value is -2.18. The van der Waals surface area contributed by atoms with Gasteiger partial charge >= 0.3 is 11.9 Å². The highest BCUT2D eigenvalue weighted by molar-refractivity contribution is 6.36. The van der Waals surface area contributed by atoms with E-state index in [0.717, 1.165) is 6.07 Å². The van der Waals surface area contributed by atoms with E-state index < -0.39 is 23.5 Å². The molecule has 148 valence electrons. The average molecular weight is 428 g/mol. The van der Waals surface area contributed by atoms with E-state index >= 15 is 0 Å². The minimum atomic E-state index is -3.98. The van der Waals surface area contributed by atoms with Gasteiger partial charge in [0.1, 0.15) is 0 Å². The fourth-order valence-corrected chi connectivity index (χ4v) is 4.10. The Morgan fingerprint density at radius 1 is 1.18 bits per heavy atom. The molecule has 8 heteroatoms. The summed E-state index contributed by atoms with van der Waals surface area (Å²) in [7, 11) is 0. The maximum Gasteiger partial charge on any atom is 0.379 e. The molecule has 0 saturated carbocycles. The Morgan fingerprint density at radius 2 is 1.79 bits per heavy atom. The molecule has 1 amide bonds. The Bertz CT molecular complexity index is 929. The van der Waals surface area contributed by atoms with Crippen LogP contribution in [0.2, 0.25) is 10.0 Å². The third-order valence-corrected chi connectivity index (χ3v) is 5.76. The van der Waals surface area contributed by atoms with Crippen LogP contribution in [0.5, 0.6) is 0 Å². The van der Waals surface area contributed by atoms with Gasteiger partial charge in [-0.25, -0.2) is 4.79 Å². The lowest BCUT2D eigenvalue weighted by molar-refractivity contribution is -0.166. The van der Waals surface area contributed by atoms with E-state index in [2.05, 4.69) is 0 Å². The van der Waals surface area contributed by atoms with Gasteiger partial charge in [0.05, 0.1) is 12.5 Å². The van der Waals surface area contributed by atoms with E-state index in [0.29, 0.717) is 21.2 Å². The number of fused-ring (bicyclic) bond motifs is 1. The smallest absolute Gasteiger partial charge is 0.379 e. The molecular formula is C20H17Cl2F2NO3. The van der Waals surface area contributed by atoms with Crippen molar-refractivity contribution in [3.8, 4) is 0 Å². The summed E-state index contributed by atoms with van der Waals surface area (Å²) in [4.78, 5) is 25.4. The van der Waals surface area contributed by atoms with E-state index in [1.54, 1.807) is 36.1 Å². The highest BCUT2D eigenvalue weighted by Crippen LogP contribution is 2.38. The zero-order valence-electron chi connectivity index (χ0n) is 14.9. The number of aliphatic carboxylic acids is 1. The molecule has 1 N–H and O–H groups in total. The van der Waals surface area contributed by atoms with E-state index in [4.69, 9.17) is 28.3 Å². The normalized spacial score (nSPS) is 16.6. The molecule has 0 radical (unpaired) electrons. The van der Waals surface area contributed by atoms with Crippen LogP contribution in [-0.4, -0.2) is 28.4 Å². The molecule has 0 bridgehead atoms. The maximum absolute atomic E-state index is 14.1. The lowest BCUT2D eigenvalue weighted by atomic mass is 9.87. The summed E-state index contributed by atoms with van der Waals surface area (Å²) < 4.78 is 28.2. The van der Waals surface area contributed by atoms with Crippen LogP contribution >= 0.6 is 23.2 Å². The molecule has 0 fully saturated rings. The zero-order chi connectivity index (χ0) is 20.6. The van der Waals surface area contributed by atoms with Crippen LogP contribution in [0.1, 0.15) is 35.2 Å². The van der Waals surface area contributed by atoms with Crippen molar-refractivity contribution in [3.63, 3.8) is 0 Å². The number of amides is 1. The minimum absolute atomic E-state index is 0.0108. The maximum atomic E-state index is 14.1. The van der Waals surface area contributed by atoms with Crippen molar-refractivity contribution in [2.75, 3.05) is 6.54 Å². The van der Waals surface area contributed by atoms with Gasteiger partial charge in [-0.3, -0.25) is 4.79 Å². The zero-order valence-corrected chi connectivity index (χ0v) is 16.4. The number of hydrogen-bond acceptors (Lipinski definition) is 2. The first-order valence-corrected chi connectivity index (χ1v) is 9.36. The van der Waals surface area contributed by atoms with Crippen molar-refractivity contribution < 1.29 is 23.5 Å². The van der Waals surface area contributed by atoms with Crippen molar-refractivity contribution in [1.29, 1.82) is 0 Å². The highest BCUT2D eigenvalue weighted by atomic mass is 35.5. The predicted octanol–water partition coefficient (Wildman–Crippen LogP) is 4.86. The number of carbonyl (C=O) groups is 2. The summed E-state index contributed by atoms with van der Waals surface area (Å²) in [6.07, 6.45) is 0.129. The van der Waals surface area contributed by atoms with Crippen LogP contribution in [0, 0.1) is 0 Å². The number of halogens is 4. The quantitative estimate of drug-likeness (QED) is 0.757. The molecule has 1 heterocycles. The van der Waals surface area contributed by atoms with E-state index in [9.17, 15) is 18.4 Å². The molecule has 2 aromatic carbocycles. The van der Waals surface area contributed by atoms with Gasteiger partial charge in [0, 0.05) is 22.2 Å². The molecule has 0 saturated heterocycles. The third-order valence-electron chi connectivity index (χ3n) is 5.05. The van der Waals surface area contributed by atoms with E-state index in [1.807, 2.05) is 0 Å². The molecule has 1 atom stereocenters. The largest absolute Gasteiger partial charge is 0.477 e. The summed E-state index contributed by atoms with van der Waals surface area (Å²) in [5.41, 5.74) is 0.788. The van der Waals surface area contributed by atoms with Gasteiger partial charge in [0.2, 0.25) is 5.91 Å². The summed E-state index contributed by atoms with van der Waals surface area (Å²) in [5, 5.41) is 9.65. The van der Waals surface area contributed by atoms with Crippen molar-refractivity contribution in [2.45, 2.75) is 31.7 Å². The molecular weight excluding hydrogens is 411 g/mol. The van der Waals surface area contributed by atoms with Gasteiger partial charge in [0.25, 0.3) is 0 Å². The summed E-state index contributed by atoms with van der Waals surface area (Å²) in [6, 6.07) is 8.64. The molecule has 4 nitrogen and oxygen atoms in total. The number of hydrogen-bond donors (Lipinski definition) is 1. The van der Waals surface area contributed by atoms with Crippen LogP contribution < -0.4 is 0 Å². The van der Waals surface area contributed by atoms with Crippen LogP contribution in [0.25, 0.3) is 0 Å². The molecule has 1 aliphatic rings. The minimum Gasteiger partial charge on any atom is -0.477 e. The van der Waals surface area contributed by atoms with Crippen LogP contribution in [0.15, 0.2) is 36.4 Å². The fraction of sp³-hybridized carbons (Fsp3) is 0.300. The number of carboxylic acids is 1. The molecule has 1 aliphatic heterocycles.